The minimum absolute atomic E-state index is 0.0705. The van der Waals surface area contributed by atoms with Crippen molar-refractivity contribution in [1.82, 2.24) is 10.6 Å². The Morgan fingerprint density at radius 1 is 0.532 bits per heavy atom. The lowest BCUT2D eigenvalue weighted by molar-refractivity contribution is -0.159. The van der Waals surface area contributed by atoms with Gasteiger partial charge in [0.2, 0.25) is 17.7 Å². The van der Waals surface area contributed by atoms with Crippen molar-refractivity contribution in [2.24, 2.45) is 47.0 Å². The van der Waals surface area contributed by atoms with E-state index in [0.29, 0.717) is 62.2 Å². The largest absolute Gasteiger partial charge is 0.480 e. The minimum Gasteiger partial charge on any atom is -0.480 e. The zero-order valence-corrected chi connectivity index (χ0v) is 41.8. The molecule has 14 heteroatoms. The highest BCUT2D eigenvalue weighted by Gasteiger charge is 2.28. The van der Waals surface area contributed by atoms with Crippen LogP contribution < -0.4 is 27.4 Å². The van der Waals surface area contributed by atoms with Crippen LogP contribution in [0, 0.1) is 35.5 Å². The molecule has 0 spiro atoms. The van der Waals surface area contributed by atoms with E-state index in [-0.39, 0.29) is 41.5 Å². The summed E-state index contributed by atoms with van der Waals surface area (Å²) in [5.41, 5.74) is 10.6. The monoisotopic (exact) mass is 880 g/mol. The fourth-order valence-electron chi connectivity index (χ4n) is 5.35. The SMILES string of the molecule is CC(C)CC(=O)N[C@@H](CC(C)C)C(=O)Nc1ccccc1.CC(C)CC(=O)N[C@@H](CC(C)C)C(=O)OC(C)(C)C.CC(C)C[C@H](N)C(=O)O.CC(C)C[C@H](N)C(=O)OC(C)(C)C. The van der Waals surface area contributed by atoms with E-state index in [2.05, 4.69) is 16.0 Å². The number of carbonyl (C=O) groups excluding carboxylic acids is 5. The Morgan fingerprint density at radius 2 is 0.887 bits per heavy atom. The van der Waals surface area contributed by atoms with Gasteiger partial charge in [-0.05, 0) is 115 Å². The first-order chi connectivity index (χ1) is 28.1. The van der Waals surface area contributed by atoms with Crippen molar-refractivity contribution >= 4 is 41.3 Å². The summed E-state index contributed by atoms with van der Waals surface area (Å²) >= 11 is 0. The molecule has 3 amide bonds. The normalized spacial score (nSPS) is 13.3. The molecule has 1 rings (SSSR count). The van der Waals surface area contributed by atoms with Gasteiger partial charge < -0.3 is 42.0 Å². The average molecular weight is 880 g/mol. The molecule has 8 N–H and O–H groups in total. The molecule has 4 atom stereocenters. The van der Waals surface area contributed by atoms with Crippen molar-refractivity contribution in [2.75, 3.05) is 5.32 Å². The number of nitrogens with one attached hydrogen (secondary N) is 3. The zero-order chi connectivity index (χ0) is 49.1. The molecule has 360 valence electrons. The molecule has 0 saturated heterocycles. The van der Waals surface area contributed by atoms with Crippen LogP contribution in [-0.4, -0.2) is 76.1 Å². The summed E-state index contributed by atoms with van der Waals surface area (Å²) in [6.07, 6.45) is 3.32. The fourth-order valence-corrected chi connectivity index (χ4v) is 5.35. The van der Waals surface area contributed by atoms with Crippen molar-refractivity contribution in [1.29, 1.82) is 0 Å². The topological polar surface area (TPSA) is 229 Å². The van der Waals surface area contributed by atoms with Crippen LogP contribution in [0.15, 0.2) is 30.3 Å². The van der Waals surface area contributed by atoms with Crippen LogP contribution in [0.3, 0.4) is 0 Å². The molecular formula is C48H89N5O9. The van der Waals surface area contributed by atoms with E-state index in [0.717, 1.165) is 5.69 Å². The molecule has 14 nitrogen and oxygen atoms in total. The van der Waals surface area contributed by atoms with Crippen molar-refractivity contribution in [3.8, 4) is 0 Å². The molecule has 0 heterocycles. The van der Waals surface area contributed by atoms with Crippen LogP contribution in [0.5, 0.6) is 0 Å². The fraction of sp³-hybridized carbons (Fsp3) is 0.750. The number of rotatable bonds is 19. The van der Waals surface area contributed by atoms with E-state index in [1.807, 2.05) is 155 Å². The predicted octanol–water partition coefficient (Wildman–Crippen LogP) is 8.25. The molecule has 0 aromatic heterocycles. The van der Waals surface area contributed by atoms with Gasteiger partial charge in [0.25, 0.3) is 0 Å². The first-order valence-corrected chi connectivity index (χ1v) is 22.3. The number of ether oxygens (including phenoxy) is 2. The van der Waals surface area contributed by atoms with Crippen LogP contribution in [0.25, 0.3) is 0 Å². The Labute approximate surface area is 375 Å². The van der Waals surface area contributed by atoms with Gasteiger partial charge in [-0.3, -0.25) is 24.0 Å². The maximum Gasteiger partial charge on any atom is 0.329 e. The Kier molecular flexibility index (Phi) is 31.9. The van der Waals surface area contributed by atoms with Gasteiger partial charge in [-0.25, -0.2) is 4.79 Å². The number of carbonyl (C=O) groups is 6. The van der Waals surface area contributed by atoms with Crippen molar-refractivity contribution in [2.45, 2.75) is 199 Å². The highest BCUT2D eigenvalue weighted by Crippen LogP contribution is 2.15. The minimum atomic E-state index is -0.913. The van der Waals surface area contributed by atoms with Crippen LogP contribution in [0.1, 0.15) is 163 Å². The maximum absolute atomic E-state index is 12.3. The number of amides is 3. The number of anilines is 1. The van der Waals surface area contributed by atoms with Gasteiger partial charge in [0, 0.05) is 18.5 Å². The van der Waals surface area contributed by atoms with Gasteiger partial charge in [-0.2, -0.15) is 0 Å². The second-order valence-electron chi connectivity index (χ2n) is 20.4. The van der Waals surface area contributed by atoms with Gasteiger partial charge in [-0.15, -0.1) is 0 Å². The average Bonchev–Trinajstić information content (AvgIpc) is 3.05. The third-order valence-corrected chi connectivity index (χ3v) is 7.80. The van der Waals surface area contributed by atoms with Crippen LogP contribution in [-0.2, 0) is 38.2 Å². The molecule has 0 bridgehead atoms. The molecule has 0 saturated carbocycles. The molecule has 1 aromatic rings. The maximum atomic E-state index is 12.3. The van der Waals surface area contributed by atoms with Gasteiger partial charge >= 0.3 is 17.9 Å². The van der Waals surface area contributed by atoms with Gasteiger partial charge in [0.05, 0.1) is 0 Å². The predicted molar refractivity (Wildman–Crippen MR) is 251 cm³/mol. The number of nitrogens with two attached hydrogens (primary N) is 2. The lowest BCUT2D eigenvalue weighted by atomic mass is 10.0. The summed E-state index contributed by atoms with van der Waals surface area (Å²) in [6.45, 7) is 35.0. The molecule has 0 radical (unpaired) electrons. The summed E-state index contributed by atoms with van der Waals surface area (Å²) in [7, 11) is 0. The number of para-hydroxylation sites is 1. The molecule has 0 fully saturated rings. The first-order valence-electron chi connectivity index (χ1n) is 22.3. The first kappa shape index (κ1) is 62.3. The summed E-state index contributed by atoms with van der Waals surface area (Å²) in [4.78, 5) is 69.6. The van der Waals surface area contributed by atoms with Crippen molar-refractivity contribution in [3.63, 3.8) is 0 Å². The third-order valence-electron chi connectivity index (χ3n) is 7.80. The Morgan fingerprint density at radius 3 is 1.23 bits per heavy atom. The number of hydrogen-bond donors (Lipinski definition) is 6. The van der Waals surface area contributed by atoms with Gasteiger partial charge in [0.1, 0.15) is 35.4 Å². The van der Waals surface area contributed by atoms with Crippen LogP contribution in [0.4, 0.5) is 5.69 Å². The lowest BCUT2D eigenvalue weighted by Gasteiger charge is -2.25. The Balaban J connectivity index is -0.000000783. The second-order valence-corrected chi connectivity index (χ2v) is 20.4. The van der Waals surface area contributed by atoms with Crippen molar-refractivity contribution in [3.05, 3.63) is 30.3 Å². The number of carboxylic acids is 1. The smallest absolute Gasteiger partial charge is 0.329 e. The van der Waals surface area contributed by atoms with E-state index in [1.54, 1.807) is 0 Å². The molecule has 1 aromatic carbocycles. The van der Waals surface area contributed by atoms with E-state index < -0.39 is 41.3 Å². The number of esters is 2. The molecule has 0 aliphatic heterocycles. The zero-order valence-electron chi connectivity index (χ0n) is 41.8. The number of benzene rings is 1. The van der Waals surface area contributed by atoms with E-state index in [4.69, 9.17) is 26.0 Å². The summed E-state index contributed by atoms with van der Waals surface area (Å²) in [5, 5.41) is 16.8. The van der Waals surface area contributed by atoms with Gasteiger partial charge in [-0.1, -0.05) is 101 Å². The molecular weight excluding hydrogens is 791 g/mol. The summed E-state index contributed by atoms with van der Waals surface area (Å²) in [5.74, 6) is 0.0900. The third kappa shape index (κ3) is 38.9. The van der Waals surface area contributed by atoms with E-state index >= 15 is 0 Å². The highest BCUT2D eigenvalue weighted by atomic mass is 16.6. The Bertz CT molecular complexity index is 1430. The van der Waals surface area contributed by atoms with Gasteiger partial charge in [0.15, 0.2) is 0 Å². The Hall–Kier alpha value is -4.04. The van der Waals surface area contributed by atoms with E-state index in [1.165, 1.54) is 0 Å². The summed E-state index contributed by atoms with van der Waals surface area (Å²) in [6, 6.07) is 7.08. The molecule has 0 unspecified atom stereocenters. The number of carboxylic acid groups (broad SMARTS) is 1. The molecule has 0 aliphatic carbocycles. The van der Waals surface area contributed by atoms with Crippen LogP contribution in [0.2, 0.25) is 0 Å². The van der Waals surface area contributed by atoms with Crippen molar-refractivity contribution < 1.29 is 43.3 Å². The number of hydrogen-bond acceptors (Lipinski definition) is 10. The number of aliphatic carboxylic acids is 1. The second kappa shape index (κ2) is 31.7. The quantitative estimate of drug-likeness (QED) is 0.0725. The molecule has 0 aliphatic rings. The summed E-state index contributed by atoms with van der Waals surface area (Å²) < 4.78 is 10.5. The van der Waals surface area contributed by atoms with E-state index in [9.17, 15) is 28.8 Å². The highest BCUT2D eigenvalue weighted by molar-refractivity contribution is 5.97. The van der Waals surface area contributed by atoms with Crippen LogP contribution >= 0.6 is 0 Å². The molecule has 62 heavy (non-hydrogen) atoms. The lowest BCUT2D eigenvalue weighted by Crippen LogP contribution is -2.45. The standard InChI is InChI=1S/C17H26N2O2.C15H29NO3.C10H21NO2.C6H13NO2/c1-12(2)10-15(19-16(20)11-13(3)4)17(21)18-14-8-6-5-7-9-14;1-10(2)8-12(14(18)19-15(5,6)7)16-13(17)9-11(3)4;1-7(2)6-8(11)9(12)13-10(3,4)5;1-4(2)3-5(7)6(8)9/h5-9,12-13,15H,10-11H2,1-4H3,(H,18,21)(H,19,20);10-12H,8-9H2,1-7H3,(H,16,17);7-8H,6,11H2,1-5H3;4-5H,3,7H2,1-2H3,(H,8,9)/t15-;12-;8-;5-/m0000/s1.